The molecule has 168 valence electrons. The minimum atomic E-state index is -3.23. The van der Waals surface area contributed by atoms with Gasteiger partial charge in [-0.15, -0.1) is 0 Å². The number of carbonyl (C=O) groups excluding carboxylic acids is 2. The van der Waals surface area contributed by atoms with E-state index in [0.717, 1.165) is 5.56 Å². The van der Waals surface area contributed by atoms with Crippen LogP contribution in [0.25, 0.3) is 0 Å². The van der Waals surface area contributed by atoms with Gasteiger partial charge in [-0.1, -0.05) is 24.3 Å². The van der Waals surface area contributed by atoms with Crippen LogP contribution in [0.3, 0.4) is 0 Å². The number of nitrogens with two attached hydrogens (primary N) is 1. The maximum absolute atomic E-state index is 12.7. The molecule has 1 atom stereocenters. The molecule has 0 fully saturated rings. The highest BCUT2D eigenvalue weighted by Gasteiger charge is 2.24. The number of primary amides is 1. The minimum Gasteiger partial charge on any atom is -0.497 e. The zero-order valence-electron chi connectivity index (χ0n) is 18.0. The number of amides is 2. The molecule has 2 amide bonds. The molecule has 31 heavy (non-hydrogen) atoms. The Hall–Kier alpha value is -2.67. The van der Waals surface area contributed by atoms with Crippen LogP contribution in [0.4, 0.5) is 0 Å². The lowest BCUT2D eigenvalue weighted by Crippen LogP contribution is -2.45. The smallest absolute Gasteiger partial charge is 0.335 e. The molecule has 8 nitrogen and oxygen atoms in total. The first-order valence-corrected chi connectivity index (χ1v) is 11.7. The van der Waals surface area contributed by atoms with Crippen LogP contribution in [0.1, 0.15) is 35.3 Å². The molecule has 9 heteroatoms. The fourth-order valence-electron chi connectivity index (χ4n) is 2.97. The molecule has 0 aromatic heterocycles. The van der Waals surface area contributed by atoms with Gasteiger partial charge in [0.2, 0.25) is 5.91 Å². The van der Waals surface area contributed by atoms with Gasteiger partial charge in [0, 0.05) is 12.0 Å². The molecule has 0 aliphatic heterocycles. The molecule has 2 aromatic rings. The second-order valence-corrected chi connectivity index (χ2v) is 8.84. The fraction of sp³-hybridized carbons (Fsp3) is 0.364. The molecule has 0 saturated heterocycles. The van der Waals surface area contributed by atoms with Gasteiger partial charge in [0.05, 0.1) is 26.5 Å². The van der Waals surface area contributed by atoms with E-state index in [2.05, 4.69) is 5.32 Å². The molecule has 2 rings (SSSR count). The van der Waals surface area contributed by atoms with Crippen LogP contribution in [-0.2, 0) is 31.0 Å². The molecule has 0 saturated carbocycles. The van der Waals surface area contributed by atoms with Crippen LogP contribution in [0, 0.1) is 0 Å². The summed E-state index contributed by atoms with van der Waals surface area (Å²) >= 11 is 0. The first kappa shape index (κ1) is 24.6. The number of methoxy groups -OCH3 is 1. The topological polar surface area (TPSA) is 117 Å². The van der Waals surface area contributed by atoms with Crippen LogP contribution >= 0.6 is 7.60 Å². The summed E-state index contributed by atoms with van der Waals surface area (Å²) in [7, 11) is -1.66. The quantitative estimate of drug-likeness (QED) is 0.481. The average Bonchev–Trinajstić information content (AvgIpc) is 2.74. The van der Waals surface area contributed by atoms with Crippen molar-refractivity contribution in [1.29, 1.82) is 0 Å². The lowest BCUT2D eigenvalue weighted by atomic mass is 10.0. The van der Waals surface area contributed by atoms with E-state index < -0.39 is 25.5 Å². The van der Waals surface area contributed by atoms with Crippen molar-refractivity contribution >= 4 is 19.4 Å². The van der Waals surface area contributed by atoms with E-state index in [-0.39, 0.29) is 25.8 Å². The molecule has 0 unspecified atom stereocenters. The Balaban J connectivity index is 2.05. The Morgan fingerprint density at radius 1 is 0.968 bits per heavy atom. The van der Waals surface area contributed by atoms with E-state index in [0.29, 0.717) is 16.9 Å². The Bertz CT molecular complexity index is 905. The number of hydrogen-bond acceptors (Lipinski definition) is 6. The maximum Gasteiger partial charge on any atom is 0.335 e. The predicted octanol–water partition coefficient (Wildman–Crippen LogP) is 3.29. The van der Waals surface area contributed by atoms with E-state index in [1.165, 1.54) is 0 Å². The Morgan fingerprint density at radius 3 is 2.00 bits per heavy atom. The Labute approximate surface area is 182 Å². The summed E-state index contributed by atoms with van der Waals surface area (Å²) in [6.07, 6.45) is 0.368. The SMILES string of the molecule is CCOP(=O)(Cc1ccc(C(=O)N[C@@H](Cc2ccc(OC)cc2)C(N)=O)cc1)OCC. The minimum absolute atomic E-state index is 0.109. The number of carbonyl (C=O) groups is 2. The number of rotatable bonds is 12. The lowest BCUT2D eigenvalue weighted by Gasteiger charge is -2.18. The molecule has 0 spiro atoms. The zero-order chi connectivity index (χ0) is 22.9. The first-order chi connectivity index (χ1) is 14.8. The molecule has 0 bridgehead atoms. The highest BCUT2D eigenvalue weighted by Crippen LogP contribution is 2.51. The molecule has 0 heterocycles. The third-order valence-electron chi connectivity index (χ3n) is 4.49. The lowest BCUT2D eigenvalue weighted by molar-refractivity contribution is -0.119. The van der Waals surface area contributed by atoms with Crippen molar-refractivity contribution in [1.82, 2.24) is 5.32 Å². The van der Waals surface area contributed by atoms with E-state index >= 15 is 0 Å². The van der Waals surface area contributed by atoms with Gasteiger partial charge >= 0.3 is 7.60 Å². The average molecular weight is 448 g/mol. The van der Waals surface area contributed by atoms with Gasteiger partial charge in [-0.25, -0.2) is 0 Å². The van der Waals surface area contributed by atoms with Crippen LogP contribution in [0.2, 0.25) is 0 Å². The Morgan fingerprint density at radius 2 is 1.52 bits per heavy atom. The van der Waals surface area contributed by atoms with E-state index in [4.69, 9.17) is 19.5 Å². The summed E-state index contributed by atoms with van der Waals surface area (Å²) in [5, 5.41) is 2.67. The summed E-state index contributed by atoms with van der Waals surface area (Å²) in [5.74, 6) is -0.362. The predicted molar refractivity (Wildman–Crippen MR) is 118 cm³/mol. The standard InChI is InChI=1S/C22H29N2O6P/c1-4-29-31(27,30-5-2)15-17-6-10-18(11-7-17)22(26)24-20(21(23)25)14-16-8-12-19(28-3)13-9-16/h6-13,20H,4-5,14-15H2,1-3H3,(H2,23,25)(H,24,26)/t20-/m0/s1. The zero-order valence-corrected chi connectivity index (χ0v) is 18.9. The van der Waals surface area contributed by atoms with Crippen molar-refractivity contribution in [3.05, 3.63) is 65.2 Å². The van der Waals surface area contributed by atoms with E-state index in [1.54, 1.807) is 57.4 Å². The summed E-state index contributed by atoms with van der Waals surface area (Å²) in [6.45, 7) is 4.06. The van der Waals surface area contributed by atoms with Crippen LogP contribution in [0.15, 0.2) is 48.5 Å². The van der Waals surface area contributed by atoms with E-state index in [1.807, 2.05) is 12.1 Å². The largest absolute Gasteiger partial charge is 0.497 e. The van der Waals surface area contributed by atoms with Crippen LogP contribution in [-0.4, -0.2) is 38.2 Å². The monoisotopic (exact) mass is 448 g/mol. The van der Waals surface area contributed by atoms with E-state index in [9.17, 15) is 14.2 Å². The van der Waals surface area contributed by atoms with Crippen molar-refractivity contribution in [3.63, 3.8) is 0 Å². The van der Waals surface area contributed by atoms with Crippen molar-refractivity contribution in [3.8, 4) is 5.75 Å². The van der Waals surface area contributed by atoms with Crippen LogP contribution in [0.5, 0.6) is 5.75 Å². The number of ether oxygens (including phenoxy) is 1. The van der Waals surface area contributed by atoms with Crippen molar-refractivity contribution in [2.75, 3.05) is 20.3 Å². The van der Waals surface area contributed by atoms with Gasteiger partial charge in [0.25, 0.3) is 5.91 Å². The molecule has 0 radical (unpaired) electrons. The number of hydrogen-bond donors (Lipinski definition) is 2. The van der Waals surface area contributed by atoms with Gasteiger partial charge in [0.15, 0.2) is 0 Å². The second-order valence-electron chi connectivity index (χ2n) is 6.78. The molecular formula is C22H29N2O6P. The van der Waals surface area contributed by atoms with Crippen molar-refractivity contribution in [2.24, 2.45) is 5.73 Å². The third-order valence-corrected chi connectivity index (χ3v) is 6.55. The summed E-state index contributed by atoms with van der Waals surface area (Å²) in [5.41, 5.74) is 7.38. The molecule has 2 aromatic carbocycles. The van der Waals surface area contributed by atoms with Gasteiger partial charge in [0.1, 0.15) is 11.8 Å². The van der Waals surface area contributed by atoms with Gasteiger partial charge in [-0.3, -0.25) is 14.2 Å². The molecule has 0 aliphatic carbocycles. The number of nitrogens with one attached hydrogen (secondary N) is 1. The second kappa shape index (κ2) is 11.6. The summed E-state index contributed by atoms with van der Waals surface area (Å²) < 4.78 is 28.4. The Kier molecular flexibility index (Phi) is 9.24. The fourth-order valence-corrected chi connectivity index (χ4v) is 4.67. The van der Waals surface area contributed by atoms with Gasteiger partial charge < -0.3 is 24.8 Å². The summed E-state index contributed by atoms with van der Waals surface area (Å²) in [4.78, 5) is 24.5. The highest BCUT2D eigenvalue weighted by molar-refractivity contribution is 7.53. The first-order valence-electron chi connectivity index (χ1n) is 10.0. The molecular weight excluding hydrogens is 419 g/mol. The third kappa shape index (κ3) is 7.51. The highest BCUT2D eigenvalue weighted by atomic mass is 31.2. The van der Waals surface area contributed by atoms with Gasteiger partial charge in [-0.2, -0.15) is 0 Å². The maximum atomic E-state index is 12.7. The number of benzene rings is 2. The normalized spacial score (nSPS) is 12.2. The van der Waals surface area contributed by atoms with Gasteiger partial charge in [-0.05, 0) is 49.2 Å². The molecule has 0 aliphatic rings. The summed E-state index contributed by atoms with van der Waals surface area (Å²) in [6, 6.07) is 12.9. The van der Waals surface area contributed by atoms with Crippen LogP contribution < -0.4 is 15.8 Å². The molecule has 3 N–H and O–H groups in total. The van der Waals surface area contributed by atoms with Crippen molar-refractivity contribution in [2.45, 2.75) is 32.5 Å². The van der Waals surface area contributed by atoms with Crippen molar-refractivity contribution < 1.29 is 27.9 Å².